The second-order valence-electron chi connectivity index (χ2n) is 8.85. The number of amides is 1. The molecule has 0 radical (unpaired) electrons. The molecule has 1 amide bonds. The molecule has 0 bridgehead atoms. The lowest BCUT2D eigenvalue weighted by atomic mass is 9.86. The molecule has 1 N–H and O–H groups in total. The number of ether oxygens (including phenoxy) is 1. The van der Waals surface area contributed by atoms with Crippen molar-refractivity contribution in [3.8, 4) is 0 Å². The third kappa shape index (κ3) is 3.00. The van der Waals surface area contributed by atoms with Gasteiger partial charge in [-0.05, 0) is 51.2 Å². The van der Waals surface area contributed by atoms with E-state index in [1.165, 1.54) is 0 Å². The zero-order chi connectivity index (χ0) is 20.9. The topological polar surface area (TPSA) is 80.2 Å². The number of benzene rings is 1. The minimum atomic E-state index is -0.589. The third-order valence-corrected chi connectivity index (χ3v) is 6.56. The molecule has 2 aromatic heterocycles. The molecule has 3 heterocycles. The van der Waals surface area contributed by atoms with Crippen LogP contribution in [0.2, 0.25) is 0 Å². The zero-order valence-corrected chi connectivity index (χ0v) is 17.2. The average molecular weight is 406 g/mol. The highest BCUT2D eigenvalue weighted by Gasteiger charge is 2.51. The molecule has 1 aliphatic carbocycles. The summed E-state index contributed by atoms with van der Waals surface area (Å²) in [6.07, 6.45) is 6.51. The number of aromatic nitrogens is 3. The van der Waals surface area contributed by atoms with E-state index in [4.69, 9.17) is 4.74 Å². The molecule has 1 unspecified atom stereocenters. The number of carbonyl (C=O) groups excluding carboxylic acids is 1. The number of hydrogen-bond acceptors (Lipinski definition) is 4. The van der Waals surface area contributed by atoms with E-state index in [1.807, 2.05) is 47.6 Å². The SMILES string of the molecule is CC1(C)OC(=O)N(C2CCC(n3c(=O)[nH]c4ccncc43)CC2)C1c1ccccc1. The van der Waals surface area contributed by atoms with Crippen LogP contribution in [-0.4, -0.2) is 37.2 Å². The van der Waals surface area contributed by atoms with Gasteiger partial charge in [0.15, 0.2) is 0 Å². The van der Waals surface area contributed by atoms with Crippen molar-refractivity contribution in [3.05, 3.63) is 64.8 Å². The summed E-state index contributed by atoms with van der Waals surface area (Å²) in [7, 11) is 0. The Labute approximate surface area is 174 Å². The number of rotatable bonds is 3. The monoisotopic (exact) mass is 406 g/mol. The van der Waals surface area contributed by atoms with E-state index in [2.05, 4.69) is 22.1 Å². The minimum Gasteiger partial charge on any atom is -0.441 e. The lowest BCUT2D eigenvalue weighted by molar-refractivity contribution is 0.0662. The van der Waals surface area contributed by atoms with E-state index < -0.39 is 5.60 Å². The van der Waals surface area contributed by atoms with Crippen LogP contribution < -0.4 is 5.69 Å². The largest absolute Gasteiger partial charge is 0.441 e. The Morgan fingerprint density at radius 1 is 1.03 bits per heavy atom. The molecule has 1 aromatic carbocycles. The van der Waals surface area contributed by atoms with Crippen molar-refractivity contribution in [2.45, 2.75) is 63.3 Å². The number of fused-ring (bicyclic) bond motifs is 1. The summed E-state index contributed by atoms with van der Waals surface area (Å²) >= 11 is 0. The summed E-state index contributed by atoms with van der Waals surface area (Å²) in [6.45, 7) is 3.96. The van der Waals surface area contributed by atoms with Gasteiger partial charge in [-0.2, -0.15) is 0 Å². The smallest absolute Gasteiger partial charge is 0.411 e. The highest BCUT2D eigenvalue weighted by Crippen LogP contribution is 2.45. The third-order valence-electron chi connectivity index (χ3n) is 6.56. The van der Waals surface area contributed by atoms with E-state index >= 15 is 0 Å². The van der Waals surface area contributed by atoms with Gasteiger partial charge in [-0.1, -0.05) is 30.3 Å². The summed E-state index contributed by atoms with van der Waals surface area (Å²) in [5.74, 6) is 0. The fraction of sp³-hybridized carbons (Fsp3) is 0.435. The maximum atomic E-state index is 12.8. The van der Waals surface area contributed by atoms with Crippen LogP contribution in [0.1, 0.15) is 57.2 Å². The maximum Gasteiger partial charge on any atom is 0.411 e. The Kier molecular flexibility index (Phi) is 4.41. The molecule has 1 aliphatic heterocycles. The molecule has 156 valence electrons. The first kappa shape index (κ1) is 18.9. The van der Waals surface area contributed by atoms with E-state index in [0.29, 0.717) is 0 Å². The predicted molar refractivity (Wildman–Crippen MR) is 113 cm³/mol. The molecule has 2 fully saturated rings. The van der Waals surface area contributed by atoms with Crippen LogP contribution in [0.3, 0.4) is 0 Å². The van der Waals surface area contributed by atoms with Crippen LogP contribution in [-0.2, 0) is 4.74 Å². The number of aromatic amines is 1. The fourth-order valence-corrected chi connectivity index (χ4v) is 5.26. The summed E-state index contributed by atoms with van der Waals surface area (Å²) in [5, 5.41) is 0. The van der Waals surface area contributed by atoms with Gasteiger partial charge in [0.2, 0.25) is 0 Å². The second-order valence-corrected chi connectivity index (χ2v) is 8.85. The first-order chi connectivity index (χ1) is 14.5. The van der Waals surface area contributed by atoms with Crippen molar-refractivity contribution in [2.75, 3.05) is 0 Å². The number of nitrogens with one attached hydrogen (secondary N) is 1. The first-order valence-electron chi connectivity index (χ1n) is 10.6. The first-order valence-corrected chi connectivity index (χ1v) is 10.6. The number of pyridine rings is 1. The lowest BCUT2D eigenvalue weighted by Crippen LogP contribution is -2.43. The maximum absolute atomic E-state index is 12.8. The van der Waals surface area contributed by atoms with E-state index in [9.17, 15) is 9.59 Å². The van der Waals surface area contributed by atoms with Gasteiger partial charge in [-0.25, -0.2) is 9.59 Å². The molecular weight excluding hydrogens is 380 g/mol. The van der Waals surface area contributed by atoms with Gasteiger partial charge in [-0.15, -0.1) is 0 Å². The van der Waals surface area contributed by atoms with Crippen LogP contribution in [0.4, 0.5) is 4.79 Å². The molecule has 1 saturated heterocycles. The zero-order valence-electron chi connectivity index (χ0n) is 17.2. The number of hydrogen-bond donors (Lipinski definition) is 1. The van der Waals surface area contributed by atoms with E-state index in [0.717, 1.165) is 42.3 Å². The standard InChI is InChI=1S/C23H26N4O3/c1-23(2)20(15-6-4-3-5-7-15)27(22(29)30-23)17-10-8-16(9-11-17)26-19-14-24-13-12-18(19)25-21(26)28/h3-7,12-14,16-17,20H,8-11H2,1-2H3,(H,25,28). The van der Waals surface area contributed by atoms with Gasteiger partial charge < -0.3 is 9.72 Å². The van der Waals surface area contributed by atoms with Crippen LogP contribution in [0, 0.1) is 0 Å². The minimum absolute atomic E-state index is 0.0923. The van der Waals surface area contributed by atoms with Gasteiger partial charge >= 0.3 is 11.8 Å². The molecule has 7 heteroatoms. The quantitative estimate of drug-likeness (QED) is 0.708. The molecule has 30 heavy (non-hydrogen) atoms. The van der Waals surface area contributed by atoms with Gasteiger partial charge in [0, 0.05) is 18.3 Å². The lowest BCUT2D eigenvalue weighted by Gasteiger charge is -2.38. The Bertz CT molecular complexity index is 1130. The van der Waals surface area contributed by atoms with E-state index in [-0.39, 0.29) is 29.9 Å². The van der Waals surface area contributed by atoms with E-state index in [1.54, 1.807) is 12.4 Å². The highest BCUT2D eigenvalue weighted by atomic mass is 16.6. The van der Waals surface area contributed by atoms with Crippen molar-refractivity contribution in [1.29, 1.82) is 0 Å². The number of nitrogens with zero attached hydrogens (tertiary/aromatic N) is 3. The normalized spacial score (nSPS) is 26.1. The number of H-pyrrole nitrogens is 1. The Morgan fingerprint density at radius 3 is 2.47 bits per heavy atom. The number of cyclic esters (lactones) is 1. The fourth-order valence-electron chi connectivity index (χ4n) is 5.26. The molecule has 7 nitrogen and oxygen atoms in total. The molecule has 5 rings (SSSR count). The summed E-state index contributed by atoms with van der Waals surface area (Å²) in [5.41, 5.74) is 2.06. The van der Waals surface area contributed by atoms with Gasteiger partial charge in [0.25, 0.3) is 0 Å². The molecule has 2 aliphatic rings. The Hall–Kier alpha value is -3.09. The Balaban J connectivity index is 1.40. The predicted octanol–water partition coefficient (Wildman–Crippen LogP) is 4.18. The molecule has 0 spiro atoms. The van der Waals surface area contributed by atoms with Crippen molar-refractivity contribution < 1.29 is 9.53 Å². The van der Waals surface area contributed by atoms with Crippen molar-refractivity contribution in [1.82, 2.24) is 19.4 Å². The van der Waals surface area contributed by atoms with Crippen LogP contribution in [0.25, 0.3) is 11.0 Å². The highest BCUT2D eigenvalue weighted by molar-refractivity contribution is 5.74. The van der Waals surface area contributed by atoms with Crippen molar-refractivity contribution in [2.24, 2.45) is 0 Å². The van der Waals surface area contributed by atoms with Gasteiger partial charge in [0.05, 0.1) is 23.3 Å². The van der Waals surface area contributed by atoms with Crippen LogP contribution in [0.5, 0.6) is 0 Å². The van der Waals surface area contributed by atoms with Crippen LogP contribution >= 0.6 is 0 Å². The average Bonchev–Trinajstić information content (AvgIpc) is 3.20. The molecule has 1 saturated carbocycles. The summed E-state index contributed by atoms with van der Waals surface area (Å²) < 4.78 is 7.61. The molecular formula is C23H26N4O3. The summed E-state index contributed by atoms with van der Waals surface area (Å²) in [4.78, 5) is 34.4. The second kappa shape index (κ2) is 7.00. The summed E-state index contributed by atoms with van der Waals surface area (Å²) in [6, 6.07) is 12.0. The van der Waals surface area contributed by atoms with Crippen LogP contribution in [0.15, 0.2) is 53.6 Å². The number of imidazole rings is 1. The molecule has 3 aromatic rings. The van der Waals surface area contributed by atoms with Gasteiger partial charge in [-0.3, -0.25) is 14.5 Å². The van der Waals surface area contributed by atoms with Crippen molar-refractivity contribution >= 4 is 17.1 Å². The van der Waals surface area contributed by atoms with Gasteiger partial charge in [0.1, 0.15) is 5.60 Å². The molecule has 1 atom stereocenters. The Morgan fingerprint density at radius 2 is 1.73 bits per heavy atom. The van der Waals surface area contributed by atoms with Crippen molar-refractivity contribution in [3.63, 3.8) is 0 Å². The number of carbonyl (C=O) groups is 1.